The largest absolute Gasteiger partial charge is 0.343 e. The third-order valence-corrected chi connectivity index (χ3v) is 4.72. The van der Waals surface area contributed by atoms with Crippen molar-refractivity contribution in [2.24, 2.45) is 12.0 Å². The van der Waals surface area contributed by atoms with Gasteiger partial charge in [-0.15, -0.1) is 24.0 Å². The lowest BCUT2D eigenvalue weighted by Crippen LogP contribution is -2.40. The molecule has 0 radical (unpaired) electrons. The quantitative estimate of drug-likeness (QED) is 0.426. The van der Waals surface area contributed by atoms with E-state index in [1.807, 2.05) is 49.4 Å². The monoisotopic (exact) mass is 466 g/mol. The van der Waals surface area contributed by atoms with Gasteiger partial charge >= 0.3 is 0 Å². The van der Waals surface area contributed by atoms with Crippen LogP contribution in [0.4, 0.5) is 5.69 Å². The normalized spacial score (nSPS) is 14.7. The summed E-state index contributed by atoms with van der Waals surface area (Å²) in [6.07, 6.45) is 3.64. The summed E-state index contributed by atoms with van der Waals surface area (Å²) in [4.78, 5) is 19.4. The molecular weight excluding hydrogens is 439 g/mol. The van der Waals surface area contributed by atoms with Crippen LogP contribution in [0.1, 0.15) is 30.5 Å². The summed E-state index contributed by atoms with van der Waals surface area (Å²) in [6, 6.07) is 13.9. The fraction of sp³-hybridized carbons (Fsp3) is 0.400. The van der Waals surface area contributed by atoms with E-state index in [0.29, 0.717) is 6.54 Å². The van der Waals surface area contributed by atoms with Gasteiger partial charge < -0.3 is 14.8 Å². The van der Waals surface area contributed by atoms with Gasteiger partial charge in [0.25, 0.3) is 5.56 Å². The molecule has 1 aliphatic heterocycles. The summed E-state index contributed by atoms with van der Waals surface area (Å²) in [7, 11) is 1.80. The first-order valence-electron chi connectivity index (χ1n) is 8.92. The van der Waals surface area contributed by atoms with Crippen molar-refractivity contribution in [2.75, 3.05) is 18.4 Å². The van der Waals surface area contributed by atoms with Crippen LogP contribution >= 0.6 is 24.0 Å². The number of aromatic nitrogens is 1. The molecule has 0 atom stereocenters. The Bertz CT molecular complexity index is 795. The van der Waals surface area contributed by atoms with Crippen LogP contribution in [0.15, 0.2) is 52.3 Å². The zero-order chi connectivity index (χ0) is 17.6. The minimum Gasteiger partial charge on any atom is -0.343 e. The number of benzene rings is 1. The SMILES string of the molecule is Cc1ccc(CN=C(Nc2ccccc2)N2CCCCC2)c(=O)n1C.I. The molecule has 1 fully saturated rings. The maximum absolute atomic E-state index is 12.4. The van der Waals surface area contributed by atoms with Crippen LogP contribution in [-0.2, 0) is 13.6 Å². The average molecular weight is 466 g/mol. The first-order chi connectivity index (χ1) is 12.1. The number of rotatable bonds is 3. The molecule has 6 heteroatoms. The number of anilines is 1. The van der Waals surface area contributed by atoms with Crippen molar-refractivity contribution >= 4 is 35.6 Å². The third kappa shape index (κ3) is 5.09. The Labute approximate surface area is 172 Å². The molecule has 1 aromatic heterocycles. The van der Waals surface area contributed by atoms with Crippen LogP contribution < -0.4 is 10.9 Å². The third-order valence-electron chi connectivity index (χ3n) is 4.72. The van der Waals surface area contributed by atoms with Gasteiger partial charge in [-0.25, -0.2) is 4.99 Å². The molecule has 140 valence electrons. The second-order valence-electron chi connectivity index (χ2n) is 6.54. The summed E-state index contributed by atoms with van der Waals surface area (Å²) >= 11 is 0. The zero-order valence-corrected chi connectivity index (χ0v) is 17.8. The molecule has 2 aromatic rings. The van der Waals surface area contributed by atoms with Gasteiger partial charge in [0.05, 0.1) is 6.54 Å². The molecule has 26 heavy (non-hydrogen) atoms. The molecule has 1 aromatic carbocycles. The number of halogens is 1. The highest BCUT2D eigenvalue weighted by Crippen LogP contribution is 2.13. The van der Waals surface area contributed by atoms with Crippen molar-refractivity contribution in [3.63, 3.8) is 0 Å². The highest BCUT2D eigenvalue weighted by Gasteiger charge is 2.15. The van der Waals surface area contributed by atoms with Crippen molar-refractivity contribution in [3.05, 3.63) is 64.1 Å². The molecule has 0 aliphatic carbocycles. The summed E-state index contributed by atoms with van der Waals surface area (Å²) in [5.74, 6) is 0.855. The average Bonchev–Trinajstić information content (AvgIpc) is 2.66. The molecule has 0 unspecified atom stereocenters. The molecule has 0 bridgehead atoms. The van der Waals surface area contributed by atoms with Gasteiger partial charge in [-0.3, -0.25) is 4.79 Å². The Balaban J connectivity index is 0.00000243. The van der Waals surface area contributed by atoms with E-state index in [1.54, 1.807) is 11.6 Å². The summed E-state index contributed by atoms with van der Waals surface area (Å²) in [6.45, 7) is 4.33. The highest BCUT2D eigenvalue weighted by molar-refractivity contribution is 14.0. The van der Waals surface area contributed by atoms with Crippen molar-refractivity contribution in [3.8, 4) is 0 Å². The molecule has 3 rings (SSSR count). The maximum atomic E-state index is 12.4. The van der Waals surface area contributed by atoms with E-state index in [1.165, 1.54) is 19.3 Å². The number of likely N-dealkylation sites (tertiary alicyclic amines) is 1. The number of hydrogen-bond acceptors (Lipinski definition) is 2. The number of nitrogens with one attached hydrogen (secondary N) is 1. The first kappa shape index (κ1) is 20.5. The second-order valence-corrected chi connectivity index (χ2v) is 6.54. The Morgan fingerprint density at radius 2 is 1.77 bits per heavy atom. The summed E-state index contributed by atoms with van der Waals surface area (Å²) in [5, 5.41) is 3.43. The van der Waals surface area contributed by atoms with Crippen LogP contribution in [0.3, 0.4) is 0 Å². The molecule has 1 saturated heterocycles. The van der Waals surface area contributed by atoms with E-state index in [4.69, 9.17) is 4.99 Å². The van der Waals surface area contributed by atoms with E-state index < -0.39 is 0 Å². The standard InChI is InChI=1S/C20H26N4O.HI/c1-16-11-12-17(19(25)23(16)2)15-21-20(24-13-7-4-8-14-24)22-18-9-5-3-6-10-18;/h3,5-6,9-12H,4,7-8,13-15H2,1-2H3,(H,21,22);1H. The topological polar surface area (TPSA) is 49.6 Å². The molecular formula is C20H27IN4O. The van der Waals surface area contributed by atoms with Crippen molar-refractivity contribution in [1.82, 2.24) is 9.47 Å². The summed E-state index contributed by atoms with van der Waals surface area (Å²) < 4.78 is 1.68. The second kappa shape index (κ2) is 9.75. The molecule has 1 aliphatic rings. The molecule has 0 amide bonds. The van der Waals surface area contributed by atoms with E-state index in [0.717, 1.165) is 36.0 Å². The van der Waals surface area contributed by atoms with Crippen molar-refractivity contribution in [1.29, 1.82) is 0 Å². The van der Waals surface area contributed by atoms with Crippen LogP contribution in [0.5, 0.6) is 0 Å². The fourth-order valence-electron chi connectivity index (χ4n) is 3.04. The van der Waals surface area contributed by atoms with E-state index in [-0.39, 0.29) is 29.5 Å². The zero-order valence-electron chi connectivity index (χ0n) is 15.4. The highest BCUT2D eigenvalue weighted by atomic mass is 127. The van der Waals surface area contributed by atoms with E-state index in [2.05, 4.69) is 10.2 Å². The minimum absolute atomic E-state index is 0. The number of guanidine groups is 1. The predicted octanol–water partition coefficient (Wildman–Crippen LogP) is 3.77. The molecule has 5 nitrogen and oxygen atoms in total. The Morgan fingerprint density at radius 1 is 1.08 bits per heavy atom. The van der Waals surface area contributed by atoms with Gasteiger partial charge in [-0.2, -0.15) is 0 Å². The molecule has 2 heterocycles. The Hall–Kier alpha value is -1.83. The van der Waals surface area contributed by atoms with Gasteiger partial charge in [0, 0.05) is 37.1 Å². The minimum atomic E-state index is 0. The summed E-state index contributed by atoms with van der Waals surface area (Å²) in [5.41, 5.74) is 2.72. The Morgan fingerprint density at radius 3 is 2.46 bits per heavy atom. The molecule has 1 N–H and O–H groups in total. The molecule has 0 saturated carbocycles. The Kier molecular flexibility index (Phi) is 7.68. The van der Waals surface area contributed by atoms with Crippen LogP contribution in [-0.4, -0.2) is 28.5 Å². The number of para-hydroxylation sites is 1. The number of aliphatic imine (C=N–C) groups is 1. The lowest BCUT2D eigenvalue weighted by atomic mass is 10.1. The number of nitrogens with zero attached hydrogens (tertiary/aromatic N) is 3. The van der Waals surface area contributed by atoms with Crippen LogP contribution in [0, 0.1) is 6.92 Å². The lowest BCUT2D eigenvalue weighted by Gasteiger charge is -2.30. The van der Waals surface area contributed by atoms with Crippen LogP contribution in [0.25, 0.3) is 0 Å². The van der Waals surface area contributed by atoms with Gasteiger partial charge in [0.1, 0.15) is 0 Å². The number of piperidine rings is 1. The van der Waals surface area contributed by atoms with Crippen molar-refractivity contribution in [2.45, 2.75) is 32.7 Å². The first-order valence-corrected chi connectivity index (χ1v) is 8.92. The van der Waals surface area contributed by atoms with Gasteiger partial charge in [-0.05, 0) is 50.5 Å². The number of pyridine rings is 1. The predicted molar refractivity (Wildman–Crippen MR) is 118 cm³/mol. The smallest absolute Gasteiger partial charge is 0.255 e. The number of aryl methyl sites for hydroxylation is 1. The van der Waals surface area contributed by atoms with Gasteiger partial charge in [0.2, 0.25) is 0 Å². The molecule has 0 spiro atoms. The van der Waals surface area contributed by atoms with Crippen molar-refractivity contribution < 1.29 is 0 Å². The van der Waals surface area contributed by atoms with E-state index >= 15 is 0 Å². The maximum Gasteiger partial charge on any atom is 0.255 e. The number of hydrogen-bond donors (Lipinski definition) is 1. The lowest BCUT2D eigenvalue weighted by molar-refractivity contribution is 0.340. The van der Waals surface area contributed by atoms with E-state index in [9.17, 15) is 4.79 Å². The van der Waals surface area contributed by atoms with Crippen LogP contribution in [0.2, 0.25) is 0 Å². The fourth-order valence-corrected chi connectivity index (χ4v) is 3.04. The van der Waals surface area contributed by atoms with Gasteiger partial charge in [0.15, 0.2) is 5.96 Å². The van der Waals surface area contributed by atoms with Gasteiger partial charge in [-0.1, -0.05) is 18.2 Å².